The number of hydrogen-bond acceptors (Lipinski definition) is 5. The van der Waals surface area contributed by atoms with E-state index in [2.05, 4.69) is 5.32 Å². The predicted molar refractivity (Wildman–Crippen MR) is 92.6 cm³/mol. The van der Waals surface area contributed by atoms with Gasteiger partial charge in [-0.15, -0.1) is 0 Å². The maximum Gasteiger partial charge on any atom is 0.289 e. The molecular formula is C16H25N3O4S. The van der Waals surface area contributed by atoms with E-state index in [1.165, 1.54) is 16.4 Å². The maximum absolute atomic E-state index is 12.9. The van der Waals surface area contributed by atoms with Crippen LogP contribution in [0.5, 0.6) is 0 Å². The molecule has 0 bridgehead atoms. The summed E-state index contributed by atoms with van der Waals surface area (Å²) in [4.78, 5) is 10.5. The van der Waals surface area contributed by atoms with Gasteiger partial charge in [-0.05, 0) is 69.8 Å². The molecule has 7 nitrogen and oxygen atoms in total. The summed E-state index contributed by atoms with van der Waals surface area (Å²) >= 11 is 0. The number of piperidine rings is 1. The fraction of sp³-hybridized carbons (Fsp3) is 0.625. The number of benzene rings is 1. The van der Waals surface area contributed by atoms with E-state index in [-0.39, 0.29) is 10.6 Å². The van der Waals surface area contributed by atoms with Crippen LogP contribution < -0.4 is 5.32 Å². The van der Waals surface area contributed by atoms with Crippen LogP contribution in [0.4, 0.5) is 5.69 Å². The smallest absolute Gasteiger partial charge is 0.289 e. The van der Waals surface area contributed by atoms with Crippen molar-refractivity contribution >= 4 is 15.7 Å². The predicted octanol–water partition coefficient (Wildman–Crippen LogP) is 2.22. The summed E-state index contributed by atoms with van der Waals surface area (Å²) in [6.07, 6.45) is 2.60. The zero-order valence-corrected chi connectivity index (χ0v) is 15.2. The first-order valence-electron chi connectivity index (χ1n) is 8.17. The number of nitro groups is 1. The summed E-state index contributed by atoms with van der Waals surface area (Å²) in [5.74, 6) is 0.499. The average Bonchev–Trinajstić information content (AvgIpc) is 2.55. The maximum atomic E-state index is 12.9. The van der Waals surface area contributed by atoms with Crippen molar-refractivity contribution in [3.8, 4) is 0 Å². The minimum absolute atomic E-state index is 0.190. The number of sulfonamides is 1. The first kappa shape index (κ1) is 18.8. The molecule has 0 atom stereocenters. The Balaban J connectivity index is 2.26. The van der Waals surface area contributed by atoms with Gasteiger partial charge in [0.1, 0.15) is 0 Å². The van der Waals surface area contributed by atoms with Crippen LogP contribution in [0.3, 0.4) is 0 Å². The second-order valence-corrected chi connectivity index (χ2v) is 8.31. The van der Waals surface area contributed by atoms with Gasteiger partial charge in [0.15, 0.2) is 4.90 Å². The molecule has 134 valence electrons. The van der Waals surface area contributed by atoms with Gasteiger partial charge < -0.3 is 5.32 Å². The summed E-state index contributed by atoms with van der Waals surface area (Å²) in [5, 5.41) is 14.4. The first-order valence-corrected chi connectivity index (χ1v) is 9.61. The number of nitrogens with zero attached hydrogens (tertiary/aromatic N) is 2. The fourth-order valence-corrected chi connectivity index (χ4v) is 4.74. The minimum Gasteiger partial charge on any atom is -0.320 e. The lowest BCUT2D eigenvalue weighted by molar-refractivity contribution is -0.387. The molecule has 0 aromatic heterocycles. The highest BCUT2D eigenvalue weighted by atomic mass is 32.2. The SMILES string of the molecule is CNCCC1CCN(S(=O)(=O)c2cc(C)c(C)cc2[N+](=O)[O-])CC1. The van der Waals surface area contributed by atoms with Crippen molar-refractivity contribution in [2.24, 2.45) is 5.92 Å². The van der Waals surface area contributed by atoms with Gasteiger partial charge in [0.05, 0.1) is 4.92 Å². The van der Waals surface area contributed by atoms with Gasteiger partial charge in [-0.2, -0.15) is 4.31 Å². The third-order valence-electron chi connectivity index (χ3n) is 4.77. The molecule has 8 heteroatoms. The molecule has 0 spiro atoms. The highest BCUT2D eigenvalue weighted by molar-refractivity contribution is 7.89. The Hall–Kier alpha value is -1.51. The van der Waals surface area contributed by atoms with Crippen LogP contribution in [0.1, 0.15) is 30.4 Å². The van der Waals surface area contributed by atoms with Gasteiger partial charge in [-0.1, -0.05) is 0 Å². The van der Waals surface area contributed by atoms with Crippen molar-refractivity contribution in [3.63, 3.8) is 0 Å². The molecule has 1 aromatic rings. The molecule has 1 saturated heterocycles. The van der Waals surface area contributed by atoms with Crippen LogP contribution in [-0.4, -0.2) is 44.3 Å². The van der Waals surface area contributed by atoms with Crippen LogP contribution in [0.25, 0.3) is 0 Å². The highest BCUT2D eigenvalue weighted by Gasteiger charge is 2.34. The Morgan fingerprint density at radius 3 is 2.38 bits per heavy atom. The van der Waals surface area contributed by atoms with Crippen molar-refractivity contribution < 1.29 is 13.3 Å². The summed E-state index contributed by atoms with van der Waals surface area (Å²) in [6.45, 7) is 5.26. The average molecular weight is 355 g/mol. The Kier molecular flexibility index (Phi) is 5.95. The van der Waals surface area contributed by atoms with Gasteiger partial charge >= 0.3 is 0 Å². The number of hydrogen-bond donors (Lipinski definition) is 1. The molecule has 0 amide bonds. The second kappa shape index (κ2) is 7.58. The lowest BCUT2D eigenvalue weighted by atomic mass is 9.95. The van der Waals surface area contributed by atoms with Crippen molar-refractivity contribution in [2.45, 2.75) is 38.0 Å². The molecule has 1 aromatic carbocycles. The number of aryl methyl sites for hydroxylation is 2. The number of rotatable bonds is 6. The van der Waals surface area contributed by atoms with Crippen LogP contribution >= 0.6 is 0 Å². The van der Waals surface area contributed by atoms with Gasteiger partial charge in [0.2, 0.25) is 10.0 Å². The van der Waals surface area contributed by atoms with Crippen LogP contribution in [0, 0.1) is 29.9 Å². The Morgan fingerprint density at radius 2 is 1.83 bits per heavy atom. The van der Waals surface area contributed by atoms with E-state index >= 15 is 0 Å². The van der Waals surface area contributed by atoms with Crippen LogP contribution in [-0.2, 0) is 10.0 Å². The Labute approximate surface area is 143 Å². The second-order valence-electron chi connectivity index (χ2n) is 6.40. The molecule has 1 N–H and O–H groups in total. The van der Waals surface area contributed by atoms with E-state index in [4.69, 9.17) is 0 Å². The van der Waals surface area contributed by atoms with Gasteiger partial charge in [-0.3, -0.25) is 10.1 Å². The number of nitrogens with one attached hydrogen (secondary N) is 1. The van der Waals surface area contributed by atoms with Gasteiger partial charge in [-0.25, -0.2) is 8.42 Å². The molecule has 1 heterocycles. The lowest BCUT2D eigenvalue weighted by Crippen LogP contribution is -2.39. The third kappa shape index (κ3) is 3.93. The quantitative estimate of drug-likeness (QED) is 0.624. The fourth-order valence-electron chi connectivity index (χ4n) is 3.05. The summed E-state index contributed by atoms with van der Waals surface area (Å²) in [6, 6.07) is 2.78. The van der Waals surface area contributed by atoms with E-state index < -0.39 is 14.9 Å². The zero-order chi connectivity index (χ0) is 17.9. The van der Waals surface area contributed by atoms with Crippen molar-refractivity contribution in [1.82, 2.24) is 9.62 Å². The molecule has 1 aliphatic rings. The van der Waals surface area contributed by atoms with E-state index in [0.29, 0.717) is 24.6 Å². The molecule has 0 unspecified atom stereocenters. The van der Waals surface area contributed by atoms with Crippen LogP contribution in [0.2, 0.25) is 0 Å². The number of nitro benzene ring substituents is 1. The molecule has 0 aliphatic carbocycles. The van der Waals surface area contributed by atoms with Crippen LogP contribution in [0.15, 0.2) is 17.0 Å². The van der Waals surface area contributed by atoms with E-state index in [9.17, 15) is 18.5 Å². The molecule has 0 radical (unpaired) electrons. The lowest BCUT2D eigenvalue weighted by Gasteiger charge is -2.31. The molecule has 1 fully saturated rings. The normalized spacial score (nSPS) is 17.1. The van der Waals surface area contributed by atoms with Crippen molar-refractivity contribution in [3.05, 3.63) is 33.4 Å². The topological polar surface area (TPSA) is 92.6 Å². The van der Waals surface area contributed by atoms with E-state index in [1.807, 2.05) is 7.05 Å². The summed E-state index contributed by atoms with van der Waals surface area (Å²) in [5.41, 5.74) is 1.12. The van der Waals surface area contributed by atoms with E-state index in [1.54, 1.807) is 13.8 Å². The molecular weight excluding hydrogens is 330 g/mol. The zero-order valence-electron chi connectivity index (χ0n) is 14.4. The molecule has 24 heavy (non-hydrogen) atoms. The third-order valence-corrected chi connectivity index (χ3v) is 6.69. The summed E-state index contributed by atoms with van der Waals surface area (Å²) in [7, 11) is -1.94. The highest BCUT2D eigenvalue weighted by Crippen LogP contribution is 2.32. The minimum atomic E-state index is -3.84. The standard InChI is InChI=1S/C16H25N3O4S/c1-12-10-15(19(20)21)16(11-13(12)2)24(22,23)18-8-5-14(6-9-18)4-7-17-3/h10-11,14,17H,4-9H2,1-3H3. The van der Waals surface area contributed by atoms with Crippen molar-refractivity contribution in [2.75, 3.05) is 26.7 Å². The Morgan fingerprint density at radius 1 is 1.25 bits per heavy atom. The molecule has 2 rings (SSSR count). The Bertz CT molecular complexity index is 710. The molecule has 0 saturated carbocycles. The van der Waals surface area contributed by atoms with Crippen molar-refractivity contribution in [1.29, 1.82) is 0 Å². The largest absolute Gasteiger partial charge is 0.320 e. The summed E-state index contributed by atoms with van der Waals surface area (Å²) < 4.78 is 27.2. The first-order chi connectivity index (χ1) is 11.3. The van der Waals surface area contributed by atoms with Gasteiger partial charge in [0, 0.05) is 19.2 Å². The van der Waals surface area contributed by atoms with Gasteiger partial charge in [0.25, 0.3) is 5.69 Å². The monoisotopic (exact) mass is 355 g/mol. The van der Waals surface area contributed by atoms with E-state index in [0.717, 1.165) is 31.4 Å². The molecule has 1 aliphatic heterocycles.